The Morgan fingerprint density at radius 3 is 2.62 bits per heavy atom. The standard InChI is InChI=1S/C26H29N5O2S/c1-26(2,3)19-7-5-18(6-8-19)24(32)30-13-9-20-21(15-30)34-23-22(20)25(33)31(17-28-23)12-4-11-29-14-10-27-16-29/h5-8,10,14,16-17H,4,9,11-13,15H2,1-3H3. The number of imidazole rings is 1. The molecule has 0 aliphatic carbocycles. The Balaban J connectivity index is 1.33. The number of nitrogens with zero attached hydrogens (tertiary/aromatic N) is 5. The molecule has 0 spiro atoms. The van der Waals surface area contributed by atoms with E-state index in [0.29, 0.717) is 31.6 Å². The van der Waals surface area contributed by atoms with Crippen LogP contribution in [0.1, 0.15) is 53.6 Å². The lowest BCUT2D eigenvalue weighted by Crippen LogP contribution is -2.35. The number of carbonyl (C=O) groups excluding carboxylic acids is 1. The van der Waals surface area contributed by atoms with Gasteiger partial charge in [-0.3, -0.25) is 14.2 Å². The fraction of sp³-hybridized carbons (Fsp3) is 0.385. The zero-order chi connectivity index (χ0) is 23.9. The lowest BCUT2D eigenvalue weighted by molar-refractivity contribution is 0.0737. The molecule has 1 aliphatic heterocycles. The number of hydrogen-bond donors (Lipinski definition) is 0. The topological polar surface area (TPSA) is 73.0 Å². The van der Waals surface area contributed by atoms with E-state index in [4.69, 9.17) is 0 Å². The first-order chi connectivity index (χ1) is 16.3. The van der Waals surface area contributed by atoms with Gasteiger partial charge in [-0.1, -0.05) is 32.9 Å². The van der Waals surface area contributed by atoms with Crippen molar-refractivity contribution in [2.75, 3.05) is 6.54 Å². The van der Waals surface area contributed by atoms with Crippen LogP contribution in [0.4, 0.5) is 0 Å². The number of rotatable bonds is 5. The number of aryl methyl sites for hydroxylation is 2. The molecule has 1 amide bonds. The fourth-order valence-corrected chi connectivity index (χ4v) is 5.68. The molecule has 7 nitrogen and oxygen atoms in total. The zero-order valence-corrected chi connectivity index (χ0v) is 20.6. The lowest BCUT2D eigenvalue weighted by Gasteiger charge is -2.27. The van der Waals surface area contributed by atoms with Gasteiger partial charge in [0.05, 0.1) is 24.6 Å². The van der Waals surface area contributed by atoms with Crippen molar-refractivity contribution < 1.29 is 4.79 Å². The molecule has 0 atom stereocenters. The van der Waals surface area contributed by atoms with E-state index in [-0.39, 0.29) is 16.9 Å². The molecular weight excluding hydrogens is 446 g/mol. The summed E-state index contributed by atoms with van der Waals surface area (Å²) in [4.78, 5) is 38.8. The average molecular weight is 476 g/mol. The molecule has 1 aromatic carbocycles. The maximum absolute atomic E-state index is 13.2. The molecule has 1 aliphatic rings. The third-order valence-corrected chi connectivity index (χ3v) is 7.61. The molecule has 8 heteroatoms. The summed E-state index contributed by atoms with van der Waals surface area (Å²) in [5.74, 6) is 0.0356. The summed E-state index contributed by atoms with van der Waals surface area (Å²) < 4.78 is 3.71. The number of amides is 1. The van der Waals surface area contributed by atoms with Gasteiger partial charge in [0.25, 0.3) is 11.5 Å². The highest BCUT2D eigenvalue weighted by Gasteiger charge is 2.27. The number of carbonyl (C=O) groups is 1. The van der Waals surface area contributed by atoms with Crippen molar-refractivity contribution in [3.05, 3.63) is 81.2 Å². The number of fused-ring (bicyclic) bond motifs is 3. The summed E-state index contributed by atoms with van der Waals surface area (Å²) in [7, 11) is 0. The molecule has 0 radical (unpaired) electrons. The summed E-state index contributed by atoms with van der Waals surface area (Å²) in [6, 6.07) is 7.93. The third-order valence-electron chi connectivity index (χ3n) is 6.49. The molecule has 4 aromatic rings. The normalized spacial score (nSPS) is 13.9. The summed E-state index contributed by atoms with van der Waals surface area (Å²) in [5, 5.41) is 0.728. The highest BCUT2D eigenvalue weighted by atomic mass is 32.1. The number of aromatic nitrogens is 4. The molecule has 3 aromatic heterocycles. The molecule has 176 valence electrons. The molecular formula is C26H29N5O2S. The Morgan fingerprint density at radius 1 is 1.12 bits per heavy atom. The van der Waals surface area contributed by atoms with Gasteiger partial charge in [-0.05, 0) is 41.5 Å². The lowest BCUT2D eigenvalue weighted by atomic mass is 9.86. The molecule has 0 saturated carbocycles. The second kappa shape index (κ2) is 8.83. The first-order valence-corrected chi connectivity index (χ1v) is 12.5. The quantitative estimate of drug-likeness (QED) is 0.433. The Bertz CT molecular complexity index is 1380. The van der Waals surface area contributed by atoms with Gasteiger partial charge in [0, 0.05) is 42.5 Å². The van der Waals surface area contributed by atoms with Gasteiger partial charge in [-0.2, -0.15) is 0 Å². The maximum atomic E-state index is 13.2. The van der Waals surface area contributed by atoms with E-state index < -0.39 is 0 Å². The Kier molecular flexibility index (Phi) is 5.85. The van der Waals surface area contributed by atoms with Crippen molar-refractivity contribution in [1.29, 1.82) is 0 Å². The second-order valence-corrected chi connectivity index (χ2v) is 11.0. The largest absolute Gasteiger partial charge is 0.337 e. The Hall–Kier alpha value is -3.26. The number of hydrogen-bond acceptors (Lipinski definition) is 5. The van der Waals surface area contributed by atoms with Gasteiger partial charge in [-0.25, -0.2) is 9.97 Å². The van der Waals surface area contributed by atoms with Gasteiger partial charge in [0.1, 0.15) is 4.83 Å². The van der Waals surface area contributed by atoms with E-state index in [1.807, 2.05) is 39.9 Å². The van der Waals surface area contributed by atoms with Gasteiger partial charge >= 0.3 is 0 Å². The molecule has 0 N–H and O–H groups in total. The van der Waals surface area contributed by atoms with Gasteiger partial charge in [-0.15, -0.1) is 11.3 Å². The van der Waals surface area contributed by atoms with E-state index in [2.05, 4.69) is 30.7 Å². The molecule has 0 fully saturated rings. The smallest absolute Gasteiger partial charge is 0.262 e. The van der Waals surface area contributed by atoms with Gasteiger partial charge in [0.15, 0.2) is 0 Å². The van der Waals surface area contributed by atoms with Crippen LogP contribution in [0.2, 0.25) is 0 Å². The van der Waals surface area contributed by atoms with E-state index in [1.165, 1.54) is 16.9 Å². The summed E-state index contributed by atoms with van der Waals surface area (Å²) in [6.07, 6.45) is 8.62. The van der Waals surface area contributed by atoms with Crippen LogP contribution < -0.4 is 5.56 Å². The Morgan fingerprint density at radius 2 is 1.91 bits per heavy atom. The predicted octanol–water partition coefficient (Wildman–Crippen LogP) is 4.24. The third kappa shape index (κ3) is 4.30. The minimum absolute atomic E-state index is 0.0191. The predicted molar refractivity (Wildman–Crippen MR) is 134 cm³/mol. The fourth-order valence-electron chi connectivity index (χ4n) is 4.49. The van der Waals surface area contributed by atoms with E-state index >= 15 is 0 Å². The summed E-state index contributed by atoms with van der Waals surface area (Å²) >= 11 is 1.54. The van der Waals surface area contributed by atoms with E-state index in [1.54, 1.807) is 23.4 Å². The number of benzene rings is 1. The molecule has 4 heterocycles. The monoisotopic (exact) mass is 475 g/mol. The van der Waals surface area contributed by atoms with Gasteiger partial charge < -0.3 is 9.47 Å². The Labute approximate surface area is 202 Å². The molecule has 34 heavy (non-hydrogen) atoms. The average Bonchev–Trinajstić information content (AvgIpc) is 3.47. The minimum atomic E-state index is 0.0191. The van der Waals surface area contributed by atoms with Crippen molar-refractivity contribution in [1.82, 2.24) is 24.0 Å². The maximum Gasteiger partial charge on any atom is 0.262 e. The van der Waals surface area contributed by atoms with E-state index in [0.717, 1.165) is 33.6 Å². The first kappa shape index (κ1) is 22.5. The van der Waals surface area contributed by atoms with Crippen LogP contribution >= 0.6 is 11.3 Å². The molecule has 5 rings (SSSR count). The van der Waals surface area contributed by atoms with E-state index in [9.17, 15) is 9.59 Å². The van der Waals surface area contributed by atoms with Crippen LogP contribution in [0.3, 0.4) is 0 Å². The second-order valence-electron chi connectivity index (χ2n) is 9.89. The van der Waals surface area contributed by atoms with Crippen molar-refractivity contribution in [3.8, 4) is 0 Å². The van der Waals surface area contributed by atoms with Crippen molar-refractivity contribution in [2.24, 2.45) is 0 Å². The van der Waals surface area contributed by atoms with Crippen molar-refractivity contribution >= 4 is 27.5 Å². The van der Waals surface area contributed by atoms with Crippen LogP contribution in [0.5, 0.6) is 0 Å². The van der Waals surface area contributed by atoms with Gasteiger partial charge in [0.2, 0.25) is 0 Å². The zero-order valence-electron chi connectivity index (χ0n) is 19.8. The van der Waals surface area contributed by atoms with Crippen LogP contribution in [0.15, 0.2) is 54.1 Å². The molecule has 0 saturated heterocycles. The van der Waals surface area contributed by atoms with Crippen LogP contribution in [-0.4, -0.2) is 36.5 Å². The minimum Gasteiger partial charge on any atom is -0.337 e. The van der Waals surface area contributed by atoms with Crippen molar-refractivity contribution in [2.45, 2.75) is 58.7 Å². The number of thiophene rings is 1. The summed E-state index contributed by atoms with van der Waals surface area (Å²) in [5.41, 5.74) is 3.05. The SMILES string of the molecule is CC(C)(C)c1ccc(C(=O)N2CCc3c(sc4ncn(CCCn5ccnc5)c(=O)c34)C2)cc1. The van der Waals surface area contributed by atoms with Crippen molar-refractivity contribution in [3.63, 3.8) is 0 Å². The van der Waals surface area contributed by atoms with Crippen LogP contribution in [0.25, 0.3) is 10.2 Å². The molecule has 0 bridgehead atoms. The van der Waals surface area contributed by atoms with Crippen LogP contribution in [0, 0.1) is 0 Å². The van der Waals surface area contributed by atoms with Crippen LogP contribution in [-0.2, 0) is 31.5 Å². The first-order valence-electron chi connectivity index (χ1n) is 11.7. The summed E-state index contributed by atoms with van der Waals surface area (Å²) in [6.45, 7) is 9.04. The molecule has 0 unspecified atom stereocenters. The highest BCUT2D eigenvalue weighted by molar-refractivity contribution is 7.18. The highest BCUT2D eigenvalue weighted by Crippen LogP contribution is 2.33.